The van der Waals surface area contributed by atoms with Crippen LogP contribution in [0.4, 0.5) is 68.2 Å². The molecule has 9 aromatic carbocycles. The van der Waals surface area contributed by atoms with E-state index in [1.807, 2.05) is 0 Å². The number of nitrogens with zero attached hydrogens (tertiary/aromatic N) is 6. The van der Waals surface area contributed by atoms with E-state index in [2.05, 4.69) is 238 Å². The molecule has 0 amide bonds. The first-order valence-corrected chi connectivity index (χ1v) is 23.0. The predicted octanol–water partition coefficient (Wildman–Crippen LogP) is 16.7. The summed E-state index contributed by atoms with van der Waals surface area (Å²) < 4.78 is 2.12. The Labute approximate surface area is 378 Å². The van der Waals surface area contributed by atoms with Crippen molar-refractivity contribution < 1.29 is 0 Å². The molecule has 302 valence electrons. The van der Waals surface area contributed by atoms with Crippen LogP contribution in [0.1, 0.15) is 0 Å². The molecule has 0 fully saturated rings. The smallest absolute Gasteiger partial charge is 0.124 e. The average Bonchev–Trinajstić information content (AvgIpc) is 4.02. The summed E-state index contributed by atoms with van der Waals surface area (Å²) >= 11 is 3.47. The number of thiazole rings is 2. The molecule has 2 aliphatic rings. The third kappa shape index (κ3) is 5.63. The van der Waals surface area contributed by atoms with E-state index in [0.717, 1.165) is 110 Å². The van der Waals surface area contributed by atoms with E-state index in [1.165, 1.54) is 0 Å². The molecule has 6 nitrogen and oxygen atoms in total. The van der Waals surface area contributed by atoms with E-state index < -0.39 is 0 Å². The number of para-hydroxylation sites is 10. The third-order valence-electron chi connectivity index (χ3n) is 12.1. The Morgan fingerprint density at radius 2 is 0.516 bits per heavy atom. The van der Waals surface area contributed by atoms with Crippen molar-refractivity contribution in [2.45, 2.75) is 0 Å². The van der Waals surface area contributed by atoms with Gasteiger partial charge in [0.1, 0.15) is 21.0 Å². The Morgan fingerprint density at radius 3 is 0.812 bits per heavy atom. The van der Waals surface area contributed by atoms with Crippen LogP contribution >= 0.6 is 22.7 Å². The van der Waals surface area contributed by atoms with Gasteiger partial charge in [-0.2, -0.15) is 0 Å². The highest BCUT2D eigenvalue weighted by Crippen LogP contribution is 2.62. The number of hydrogen-bond donors (Lipinski definition) is 0. The van der Waals surface area contributed by atoms with Crippen LogP contribution in [0.3, 0.4) is 0 Å². The van der Waals surface area contributed by atoms with E-state index in [0.29, 0.717) is 0 Å². The van der Waals surface area contributed by atoms with Gasteiger partial charge in [0.25, 0.3) is 0 Å². The Balaban J connectivity index is 1.17. The fourth-order valence-electron chi connectivity index (χ4n) is 9.40. The van der Waals surface area contributed by atoms with E-state index in [-0.39, 0.29) is 0 Å². The molecule has 11 aromatic rings. The molecule has 64 heavy (non-hydrogen) atoms. The summed E-state index contributed by atoms with van der Waals surface area (Å²) in [5.74, 6) is 0. The lowest BCUT2D eigenvalue weighted by Crippen LogP contribution is -2.25. The summed E-state index contributed by atoms with van der Waals surface area (Å²) in [6.07, 6.45) is 0. The molecule has 8 heteroatoms. The van der Waals surface area contributed by atoms with Crippen LogP contribution in [-0.4, -0.2) is 9.97 Å². The van der Waals surface area contributed by atoms with E-state index in [4.69, 9.17) is 9.97 Å². The maximum Gasteiger partial charge on any atom is 0.124 e. The molecule has 0 radical (unpaired) electrons. The lowest BCUT2D eigenvalue weighted by molar-refractivity contribution is 1.17. The first-order chi connectivity index (χ1) is 31.8. The molecule has 0 spiro atoms. The highest BCUT2D eigenvalue weighted by atomic mass is 32.1. The average molecular weight is 857 g/mol. The van der Waals surface area contributed by atoms with Crippen molar-refractivity contribution in [2.24, 2.45) is 0 Å². The van der Waals surface area contributed by atoms with Gasteiger partial charge >= 0.3 is 0 Å². The minimum atomic E-state index is 0.924. The summed E-state index contributed by atoms with van der Waals surface area (Å²) in [6, 6.07) is 77.5. The standard InChI is InChI=1S/C56H36N6S2/c1-5-21-37(22-6-1)55-57-49-51(61-45-33-17-13-29-41(45)59(39-25-9-3-10-26-39)42-30-14-18-34-46(42)61)54-50(58-56(64-54)38-23-7-2-8-24-38)52(53(49)63-55)62-47-35-19-15-31-43(47)60(40-27-11-4-12-28-40)44-32-16-20-36-48(44)62/h1-36H. The molecule has 0 atom stereocenters. The van der Waals surface area contributed by atoms with Crippen LogP contribution in [-0.2, 0) is 0 Å². The second-order valence-corrected chi connectivity index (χ2v) is 17.8. The number of aromatic nitrogens is 2. The lowest BCUT2D eigenvalue weighted by atomic mass is 10.0. The number of benzene rings is 9. The third-order valence-corrected chi connectivity index (χ3v) is 14.3. The van der Waals surface area contributed by atoms with Gasteiger partial charge in [-0.05, 0) is 72.8 Å². The minimum Gasteiger partial charge on any atom is -0.306 e. The van der Waals surface area contributed by atoms with Crippen molar-refractivity contribution in [3.63, 3.8) is 0 Å². The zero-order chi connectivity index (χ0) is 42.1. The van der Waals surface area contributed by atoms with Gasteiger partial charge in [-0.25, -0.2) is 9.97 Å². The summed E-state index contributed by atoms with van der Waals surface area (Å²) in [5, 5.41) is 1.90. The zero-order valence-corrected chi connectivity index (χ0v) is 35.9. The Bertz CT molecular complexity index is 3150. The second kappa shape index (κ2) is 14.8. The van der Waals surface area contributed by atoms with Gasteiger partial charge in [0.15, 0.2) is 0 Å². The van der Waals surface area contributed by atoms with Crippen molar-refractivity contribution >= 4 is 111 Å². The lowest BCUT2D eigenvalue weighted by Gasteiger charge is -2.41. The Hall–Kier alpha value is -8.04. The van der Waals surface area contributed by atoms with Crippen LogP contribution in [0, 0.1) is 0 Å². The number of hydrogen-bond acceptors (Lipinski definition) is 8. The van der Waals surface area contributed by atoms with Gasteiger partial charge < -0.3 is 19.6 Å². The van der Waals surface area contributed by atoms with Crippen molar-refractivity contribution in [3.8, 4) is 21.1 Å². The summed E-state index contributed by atoms with van der Waals surface area (Å²) in [6.45, 7) is 0. The summed E-state index contributed by atoms with van der Waals surface area (Å²) in [7, 11) is 0. The quantitative estimate of drug-likeness (QED) is 0.166. The Morgan fingerprint density at radius 1 is 0.266 bits per heavy atom. The number of rotatable bonds is 6. The molecule has 0 aliphatic carbocycles. The van der Waals surface area contributed by atoms with Crippen molar-refractivity contribution in [1.82, 2.24) is 9.97 Å². The first kappa shape index (κ1) is 36.6. The second-order valence-electron chi connectivity index (χ2n) is 15.8. The van der Waals surface area contributed by atoms with Gasteiger partial charge in [0.2, 0.25) is 0 Å². The molecular weight excluding hydrogens is 821 g/mol. The van der Waals surface area contributed by atoms with Crippen LogP contribution in [0.5, 0.6) is 0 Å². The SMILES string of the molecule is c1ccc(-c2nc3c(N4c5ccccc5N(c5ccccc5)c5ccccc54)c4sc(-c5ccccc5)nc4c(N4c5ccccc5N(c5ccccc5)c5ccccc54)c3s2)cc1. The van der Waals surface area contributed by atoms with E-state index in [9.17, 15) is 0 Å². The van der Waals surface area contributed by atoms with Crippen molar-refractivity contribution in [3.05, 3.63) is 218 Å². The first-order valence-electron chi connectivity index (χ1n) is 21.3. The molecule has 0 saturated heterocycles. The van der Waals surface area contributed by atoms with Gasteiger partial charge in [-0.1, -0.05) is 146 Å². The van der Waals surface area contributed by atoms with Gasteiger partial charge in [0, 0.05) is 22.5 Å². The molecule has 0 bridgehead atoms. The predicted molar refractivity (Wildman–Crippen MR) is 270 cm³/mol. The van der Waals surface area contributed by atoms with Crippen molar-refractivity contribution in [1.29, 1.82) is 0 Å². The zero-order valence-electron chi connectivity index (χ0n) is 34.3. The van der Waals surface area contributed by atoms with Gasteiger partial charge in [0.05, 0.1) is 66.3 Å². The van der Waals surface area contributed by atoms with Gasteiger partial charge in [-0.15, -0.1) is 22.7 Å². The highest BCUT2D eigenvalue weighted by Gasteiger charge is 2.38. The monoisotopic (exact) mass is 856 g/mol. The normalized spacial score (nSPS) is 12.9. The van der Waals surface area contributed by atoms with Crippen molar-refractivity contribution in [2.75, 3.05) is 19.6 Å². The van der Waals surface area contributed by atoms with Crippen LogP contribution < -0.4 is 19.6 Å². The molecular formula is C56H36N6S2. The minimum absolute atomic E-state index is 0.924. The van der Waals surface area contributed by atoms with Gasteiger partial charge in [-0.3, -0.25) is 0 Å². The van der Waals surface area contributed by atoms with Crippen LogP contribution in [0.2, 0.25) is 0 Å². The van der Waals surface area contributed by atoms with Crippen LogP contribution in [0.15, 0.2) is 218 Å². The molecule has 13 rings (SSSR count). The molecule has 0 N–H and O–H groups in total. The van der Waals surface area contributed by atoms with E-state index >= 15 is 0 Å². The summed E-state index contributed by atoms with van der Waals surface area (Å²) in [4.78, 5) is 21.2. The molecule has 0 saturated carbocycles. The van der Waals surface area contributed by atoms with Crippen LogP contribution in [0.25, 0.3) is 41.6 Å². The highest BCUT2D eigenvalue weighted by molar-refractivity contribution is 7.24. The number of anilines is 12. The van der Waals surface area contributed by atoms with E-state index in [1.54, 1.807) is 22.7 Å². The molecule has 4 heterocycles. The Kier molecular flexibility index (Phi) is 8.47. The molecule has 0 unspecified atom stereocenters. The maximum absolute atomic E-state index is 5.75. The summed E-state index contributed by atoms with van der Waals surface area (Å²) in [5.41, 5.74) is 16.8. The molecule has 2 aliphatic heterocycles. The molecule has 2 aromatic heterocycles. The fourth-order valence-corrected chi connectivity index (χ4v) is 11.6. The fraction of sp³-hybridized carbons (Fsp3) is 0. The largest absolute Gasteiger partial charge is 0.306 e. The topological polar surface area (TPSA) is 38.7 Å². The maximum atomic E-state index is 5.75. The number of fused-ring (bicyclic) bond motifs is 6.